The zero-order valence-electron chi connectivity index (χ0n) is 16.6. The molecule has 2 amide bonds. The van der Waals surface area contributed by atoms with Gasteiger partial charge in [-0.3, -0.25) is 0 Å². The maximum absolute atomic E-state index is 11.5. The number of anilines is 2. The topological polar surface area (TPSA) is 91.4 Å². The minimum absolute atomic E-state index is 0.238. The fourth-order valence-corrected chi connectivity index (χ4v) is 4.41. The molecule has 3 N–H and O–H groups in total. The van der Waals surface area contributed by atoms with Crippen molar-refractivity contribution in [2.75, 3.05) is 36.9 Å². The summed E-state index contributed by atoms with van der Waals surface area (Å²) in [7, 11) is 1.60. The predicted molar refractivity (Wildman–Crippen MR) is 111 cm³/mol. The van der Waals surface area contributed by atoms with Crippen molar-refractivity contribution in [2.24, 2.45) is 0 Å². The van der Waals surface area contributed by atoms with Gasteiger partial charge in [-0.15, -0.1) is 0 Å². The Balaban J connectivity index is 1.48. The van der Waals surface area contributed by atoms with Crippen molar-refractivity contribution in [1.82, 2.24) is 20.6 Å². The van der Waals surface area contributed by atoms with Gasteiger partial charge in [0.1, 0.15) is 5.82 Å². The van der Waals surface area contributed by atoms with E-state index in [-0.39, 0.29) is 6.03 Å². The number of nitrogens with zero attached hydrogens (tertiary/aromatic N) is 3. The van der Waals surface area contributed by atoms with Gasteiger partial charge in [0, 0.05) is 43.5 Å². The highest BCUT2D eigenvalue weighted by Crippen LogP contribution is 2.33. The van der Waals surface area contributed by atoms with E-state index in [2.05, 4.69) is 20.9 Å². The quantitative estimate of drug-likeness (QED) is 0.737. The Morgan fingerprint density at radius 2 is 1.93 bits per heavy atom. The van der Waals surface area contributed by atoms with Crippen LogP contribution in [-0.4, -0.2) is 54.9 Å². The predicted octanol–water partition coefficient (Wildman–Crippen LogP) is 1.91. The molecule has 0 saturated carbocycles. The van der Waals surface area contributed by atoms with E-state index in [0.29, 0.717) is 12.2 Å². The standard InChI is InChI=1S/C21H26N6O2/c1-22-21(28)24-14-4-2-13(3-5-14)19-25-18-10-23-9-8-17(18)20(26-19)27-11-15-6-7-16(12-27)29-15/h2-5,15-16,23H,6-12H2,1H3,(H2,22,24,28). The number of urea groups is 1. The number of carbonyl (C=O) groups excluding carboxylic acids is 1. The van der Waals surface area contributed by atoms with E-state index in [4.69, 9.17) is 14.7 Å². The normalized spacial score (nSPS) is 22.9. The summed E-state index contributed by atoms with van der Waals surface area (Å²) in [6.07, 6.45) is 3.87. The molecule has 2 bridgehead atoms. The lowest BCUT2D eigenvalue weighted by Crippen LogP contribution is -2.44. The van der Waals surface area contributed by atoms with Crippen LogP contribution in [0.4, 0.5) is 16.3 Å². The molecule has 1 aromatic heterocycles. The van der Waals surface area contributed by atoms with Gasteiger partial charge in [0.05, 0.1) is 17.9 Å². The molecule has 2 fully saturated rings. The minimum atomic E-state index is -0.238. The number of rotatable bonds is 3. The van der Waals surface area contributed by atoms with Gasteiger partial charge in [0.15, 0.2) is 5.82 Å². The molecule has 3 aliphatic heterocycles. The molecule has 4 heterocycles. The van der Waals surface area contributed by atoms with Crippen LogP contribution < -0.4 is 20.9 Å². The Hall–Kier alpha value is -2.71. The number of hydrogen-bond acceptors (Lipinski definition) is 6. The van der Waals surface area contributed by atoms with Crippen molar-refractivity contribution >= 4 is 17.5 Å². The van der Waals surface area contributed by atoms with Gasteiger partial charge in [0.2, 0.25) is 0 Å². The molecule has 152 valence electrons. The van der Waals surface area contributed by atoms with Crippen LogP contribution >= 0.6 is 0 Å². The van der Waals surface area contributed by atoms with E-state index < -0.39 is 0 Å². The van der Waals surface area contributed by atoms with Crippen molar-refractivity contribution in [3.05, 3.63) is 35.5 Å². The van der Waals surface area contributed by atoms with E-state index in [1.165, 1.54) is 5.56 Å². The van der Waals surface area contributed by atoms with E-state index in [9.17, 15) is 4.79 Å². The molecule has 2 unspecified atom stereocenters. The highest BCUT2D eigenvalue weighted by Gasteiger charge is 2.35. The first-order chi connectivity index (χ1) is 14.2. The van der Waals surface area contributed by atoms with E-state index in [1.807, 2.05) is 24.3 Å². The number of carbonyl (C=O) groups is 1. The van der Waals surface area contributed by atoms with Crippen LogP contribution in [0, 0.1) is 0 Å². The number of hydrogen-bond donors (Lipinski definition) is 3. The fourth-order valence-electron chi connectivity index (χ4n) is 4.41. The number of morpholine rings is 1. The molecule has 0 aliphatic carbocycles. The summed E-state index contributed by atoms with van der Waals surface area (Å²) < 4.78 is 6.02. The Bertz CT molecular complexity index is 904. The molecular weight excluding hydrogens is 368 g/mol. The van der Waals surface area contributed by atoms with Gasteiger partial charge in [-0.1, -0.05) is 0 Å². The summed E-state index contributed by atoms with van der Waals surface area (Å²) in [5, 5.41) is 8.76. The molecule has 2 aromatic rings. The summed E-state index contributed by atoms with van der Waals surface area (Å²) >= 11 is 0. The molecule has 1 aromatic carbocycles. The average Bonchev–Trinajstić information content (AvgIpc) is 3.10. The average molecular weight is 394 g/mol. The van der Waals surface area contributed by atoms with Crippen LogP contribution in [0.3, 0.4) is 0 Å². The van der Waals surface area contributed by atoms with Crippen molar-refractivity contribution in [3.8, 4) is 11.4 Å². The molecule has 3 aliphatic rings. The minimum Gasteiger partial charge on any atom is -0.371 e. The molecule has 5 rings (SSSR count). The Morgan fingerprint density at radius 3 is 2.66 bits per heavy atom. The Kier molecular flexibility index (Phi) is 4.81. The number of ether oxygens (including phenoxy) is 1. The fraction of sp³-hybridized carbons (Fsp3) is 0.476. The number of aromatic nitrogens is 2. The number of benzene rings is 1. The van der Waals surface area contributed by atoms with Gasteiger partial charge >= 0.3 is 6.03 Å². The summed E-state index contributed by atoms with van der Waals surface area (Å²) in [6, 6.07) is 7.42. The highest BCUT2D eigenvalue weighted by molar-refractivity contribution is 5.89. The van der Waals surface area contributed by atoms with Crippen LogP contribution in [0.25, 0.3) is 11.4 Å². The summed E-state index contributed by atoms with van der Waals surface area (Å²) in [5.41, 5.74) is 4.03. The van der Waals surface area contributed by atoms with E-state index >= 15 is 0 Å². The van der Waals surface area contributed by atoms with Crippen molar-refractivity contribution in [2.45, 2.75) is 38.0 Å². The first kappa shape index (κ1) is 18.3. The van der Waals surface area contributed by atoms with E-state index in [1.54, 1.807) is 7.05 Å². The van der Waals surface area contributed by atoms with Gasteiger partial charge in [-0.25, -0.2) is 14.8 Å². The Morgan fingerprint density at radius 1 is 1.17 bits per heavy atom. The summed E-state index contributed by atoms with van der Waals surface area (Å²) in [4.78, 5) is 23.8. The third kappa shape index (κ3) is 3.65. The van der Waals surface area contributed by atoms with Crippen molar-refractivity contribution in [3.63, 3.8) is 0 Å². The third-order valence-electron chi connectivity index (χ3n) is 5.89. The van der Waals surface area contributed by atoms with Crippen LogP contribution in [0.5, 0.6) is 0 Å². The third-order valence-corrected chi connectivity index (χ3v) is 5.89. The molecule has 0 spiro atoms. The largest absolute Gasteiger partial charge is 0.371 e. The zero-order chi connectivity index (χ0) is 19.8. The lowest BCUT2D eigenvalue weighted by Gasteiger charge is -2.35. The number of amides is 2. The molecule has 0 radical (unpaired) electrons. The Labute approximate surface area is 170 Å². The van der Waals surface area contributed by atoms with Gasteiger partial charge < -0.3 is 25.6 Å². The molecule has 2 atom stereocenters. The van der Waals surface area contributed by atoms with Crippen LogP contribution in [0.2, 0.25) is 0 Å². The van der Waals surface area contributed by atoms with Crippen LogP contribution in [0.1, 0.15) is 24.1 Å². The maximum atomic E-state index is 11.5. The zero-order valence-corrected chi connectivity index (χ0v) is 16.6. The summed E-state index contributed by atoms with van der Waals surface area (Å²) in [6.45, 7) is 3.54. The number of nitrogens with one attached hydrogen (secondary N) is 3. The van der Waals surface area contributed by atoms with Gasteiger partial charge in [-0.2, -0.15) is 0 Å². The lowest BCUT2D eigenvalue weighted by molar-refractivity contribution is 0.0301. The maximum Gasteiger partial charge on any atom is 0.318 e. The highest BCUT2D eigenvalue weighted by atomic mass is 16.5. The van der Waals surface area contributed by atoms with Crippen LogP contribution in [-0.2, 0) is 17.7 Å². The number of fused-ring (bicyclic) bond motifs is 3. The lowest BCUT2D eigenvalue weighted by atomic mass is 10.0. The molecular formula is C21H26N6O2. The summed E-state index contributed by atoms with van der Waals surface area (Å²) in [5.74, 6) is 1.80. The van der Waals surface area contributed by atoms with Gasteiger partial charge in [-0.05, 0) is 50.1 Å². The first-order valence-corrected chi connectivity index (χ1v) is 10.3. The second-order valence-electron chi connectivity index (χ2n) is 7.87. The SMILES string of the molecule is CNC(=O)Nc1ccc(-c2nc3c(c(N4CC5CCC(C4)O5)n2)CCNC3)cc1. The van der Waals surface area contributed by atoms with Crippen molar-refractivity contribution < 1.29 is 9.53 Å². The second-order valence-corrected chi connectivity index (χ2v) is 7.87. The molecule has 8 heteroatoms. The molecule has 29 heavy (non-hydrogen) atoms. The molecule has 2 saturated heterocycles. The smallest absolute Gasteiger partial charge is 0.318 e. The van der Waals surface area contributed by atoms with Crippen LogP contribution in [0.15, 0.2) is 24.3 Å². The molecule has 8 nitrogen and oxygen atoms in total. The first-order valence-electron chi connectivity index (χ1n) is 10.3. The van der Waals surface area contributed by atoms with E-state index in [0.717, 1.165) is 74.0 Å². The second kappa shape index (κ2) is 7.61. The van der Waals surface area contributed by atoms with Crippen molar-refractivity contribution in [1.29, 1.82) is 0 Å². The monoisotopic (exact) mass is 394 g/mol. The van der Waals surface area contributed by atoms with Gasteiger partial charge in [0.25, 0.3) is 0 Å².